The molecule has 0 saturated heterocycles. The Kier molecular flexibility index (Phi) is 4.35. The molecule has 1 heterocycles. The Morgan fingerprint density at radius 1 is 1.59 bits per heavy atom. The number of rotatable bonds is 5. The maximum Gasteiger partial charge on any atom is 0.323 e. The van der Waals surface area contributed by atoms with Crippen LogP contribution in [0.2, 0.25) is 0 Å². The number of terminal acetylenes is 1. The molecule has 0 saturated carbocycles. The number of hydrogen-bond acceptors (Lipinski definition) is 2. The maximum absolute atomic E-state index is 12.1. The van der Waals surface area contributed by atoms with Crippen LogP contribution >= 0.6 is 0 Å². The minimum absolute atomic E-state index is 0.0139. The third kappa shape index (κ3) is 3.11. The Bertz CT molecular complexity index is 457. The van der Waals surface area contributed by atoms with Crippen LogP contribution in [-0.2, 0) is 11.3 Å². The number of nitrogens with zero attached hydrogens (tertiary/aromatic N) is 2. The van der Waals surface area contributed by atoms with Gasteiger partial charge >= 0.3 is 5.97 Å². The predicted molar refractivity (Wildman–Crippen MR) is 62.5 cm³/mol. The summed E-state index contributed by atoms with van der Waals surface area (Å²) < 4.78 is 1.74. The average Bonchev–Trinajstić information content (AvgIpc) is 2.74. The third-order valence-corrected chi connectivity index (χ3v) is 2.28. The van der Waals surface area contributed by atoms with Crippen molar-refractivity contribution >= 4 is 11.9 Å². The van der Waals surface area contributed by atoms with E-state index in [1.807, 2.05) is 6.92 Å². The summed E-state index contributed by atoms with van der Waals surface area (Å²) in [4.78, 5) is 23.8. The number of amides is 1. The van der Waals surface area contributed by atoms with Crippen LogP contribution in [0, 0.1) is 12.3 Å². The zero-order valence-corrected chi connectivity index (χ0v) is 9.59. The Balaban J connectivity index is 2.92. The molecule has 0 spiro atoms. The fourth-order valence-corrected chi connectivity index (χ4v) is 1.52. The summed E-state index contributed by atoms with van der Waals surface area (Å²) in [5, 5.41) is 8.71. The molecule has 0 aliphatic rings. The molecule has 1 rings (SSSR count). The maximum atomic E-state index is 12.1. The Morgan fingerprint density at radius 3 is 2.82 bits per heavy atom. The van der Waals surface area contributed by atoms with Gasteiger partial charge in [0.25, 0.3) is 5.91 Å². The van der Waals surface area contributed by atoms with Gasteiger partial charge in [0, 0.05) is 12.7 Å². The summed E-state index contributed by atoms with van der Waals surface area (Å²) >= 11 is 0. The number of carbonyl (C=O) groups is 2. The molecule has 0 aromatic carbocycles. The van der Waals surface area contributed by atoms with Crippen LogP contribution in [0.1, 0.15) is 17.4 Å². The van der Waals surface area contributed by atoms with Crippen LogP contribution in [0.3, 0.4) is 0 Å². The highest BCUT2D eigenvalue weighted by molar-refractivity contribution is 5.94. The van der Waals surface area contributed by atoms with Gasteiger partial charge in [-0.1, -0.05) is 5.92 Å². The van der Waals surface area contributed by atoms with Gasteiger partial charge in [0.2, 0.25) is 0 Å². The van der Waals surface area contributed by atoms with E-state index in [4.69, 9.17) is 11.5 Å². The van der Waals surface area contributed by atoms with E-state index in [0.717, 1.165) is 4.90 Å². The van der Waals surface area contributed by atoms with Crippen molar-refractivity contribution in [2.24, 2.45) is 0 Å². The summed E-state index contributed by atoms with van der Waals surface area (Å²) in [6.07, 6.45) is 6.89. The van der Waals surface area contributed by atoms with Crippen LogP contribution in [-0.4, -0.2) is 39.5 Å². The molecule has 0 bridgehead atoms. The van der Waals surface area contributed by atoms with Crippen LogP contribution in [0.25, 0.3) is 0 Å². The van der Waals surface area contributed by atoms with Crippen molar-refractivity contribution in [2.75, 3.05) is 13.1 Å². The Labute approximate surface area is 99.6 Å². The molecule has 0 unspecified atom stereocenters. The zero-order chi connectivity index (χ0) is 12.8. The van der Waals surface area contributed by atoms with Gasteiger partial charge in [0.05, 0.1) is 6.54 Å². The summed E-state index contributed by atoms with van der Waals surface area (Å²) in [6, 6.07) is 3.39. The van der Waals surface area contributed by atoms with E-state index in [2.05, 4.69) is 5.92 Å². The number of carboxylic acid groups (broad SMARTS) is 1. The molecule has 1 aromatic heterocycles. The molecule has 90 valence electrons. The molecular weight excluding hydrogens is 220 g/mol. The van der Waals surface area contributed by atoms with Crippen LogP contribution in [0.4, 0.5) is 0 Å². The highest BCUT2D eigenvalue weighted by Gasteiger charge is 2.19. The van der Waals surface area contributed by atoms with Gasteiger partial charge in [0.1, 0.15) is 12.2 Å². The van der Waals surface area contributed by atoms with Gasteiger partial charge in [-0.05, 0) is 19.1 Å². The van der Waals surface area contributed by atoms with E-state index in [1.165, 1.54) is 0 Å². The minimum atomic E-state index is -1.08. The lowest BCUT2D eigenvalue weighted by Gasteiger charge is -2.18. The van der Waals surface area contributed by atoms with Gasteiger partial charge < -0.3 is 14.6 Å². The van der Waals surface area contributed by atoms with Crippen LogP contribution < -0.4 is 0 Å². The zero-order valence-electron chi connectivity index (χ0n) is 9.59. The van der Waals surface area contributed by atoms with Crippen molar-refractivity contribution in [2.45, 2.75) is 13.5 Å². The van der Waals surface area contributed by atoms with Gasteiger partial charge in [-0.15, -0.1) is 6.42 Å². The van der Waals surface area contributed by atoms with Gasteiger partial charge in [-0.2, -0.15) is 0 Å². The number of aryl methyl sites for hydroxylation is 1. The molecule has 0 atom stereocenters. The van der Waals surface area contributed by atoms with Crippen LogP contribution in [0.15, 0.2) is 18.3 Å². The van der Waals surface area contributed by atoms with E-state index >= 15 is 0 Å². The highest BCUT2D eigenvalue weighted by atomic mass is 16.4. The van der Waals surface area contributed by atoms with E-state index in [-0.39, 0.29) is 12.5 Å². The van der Waals surface area contributed by atoms with Crippen molar-refractivity contribution in [1.82, 2.24) is 9.47 Å². The lowest BCUT2D eigenvalue weighted by atomic mass is 10.3. The van der Waals surface area contributed by atoms with E-state index in [9.17, 15) is 9.59 Å². The first-order valence-corrected chi connectivity index (χ1v) is 5.19. The Hall–Kier alpha value is -2.22. The number of aromatic nitrogens is 1. The second-order valence-electron chi connectivity index (χ2n) is 3.44. The molecular formula is C12H14N2O3. The predicted octanol–water partition coefficient (Wildman–Crippen LogP) is 0.668. The largest absolute Gasteiger partial charge is 0.480 e. The van der Waals surface area contributed by atoms with Gasteiger partial charge in [0.15, 0.2) is 0 Å². The minimum Gasteiger partial charge on any atom is -0.480 e. The molecule has 5 heteroatoms. The second-order valence-corrected chi connectivity index (χ2v) is 3.44. The third-order valence-electron chi connectivity index (χ3n) is 2.28. The fourth-order valence-electron chi connectivity index (χ4n) is 1.52. The second kappa shape index (κ2) is 5.75. The molecule has 17 heavy (non-hydrogen) atoms. The van der Waals surface area contributed by atoms with Crippen molar-refractivity contribution in [1.29, 1.82) is 0 Å². The normalized spacial score (nSPS) is 9.65. The van der Waals surface area contributed by atoms with Crippen molar-refractivity contribution < 1.29 is 14.7 Å². The first-order valence-electron chi connectivity index (χ1n) is 5.19. The lowest BCUT2D eigenvalue weighted by Crippen LogP contribution is -2.37. The first kappa shape index (κ1) is 12.8. The molecule has 1 N–H and O–H groups in total. The van der Waals surface area contributed by atoms with Crippen molar-refractivity contribution in [3.05, 3.63) is 24.0 Å². The molecule has 0 fully saturated rings. The molecule has 1 amide bonds. The molecule has 5 nitrogen and oxygen atoms in total. The summed E-state index contributed by atoms with van der Waals surface area (Å²) in [7, 11) is 0. The summed E-state index contributed by atoms with van der Waals surface area (Å²) in [5.74, 6) is 0.842. The van der Waals surface area contributed by atoms with Crippen molar-refractivity contribution in [3.63, 3.8) is 0 Å². The standard InChI is InChI=1S/C12H14N2O3/c1-3-7-14(9-11(15)16)12(17)10-6-5-8-13(10)4-2/h1,5-6,8H,4,7,9H2,2H3,(H,15,16). The number of hydrogen-bond donors (Lipinski definition) is 1. The molecule has 1 aromatic rings. The van der Waals surface area contributed by atoms with E-state index < -0.39 is 12.5 Å². The number of carboxylic acids is 1. The molecule has 0 aliphatic carbocycles. The van der Waals surface area contributed by atoms with E-state index in [1.54, 1.807) is 22.9 Å². The van der Waals surface area contributed by atoms with Crippen molar-refractivity contribution in [3.8, 4) is 12.3 Å². The first-order chi connectivity index (χ1) is 8.10. The highest BCUT2D eigenvalue weighted by Crippen LogP contribution is 2.06. The Morgan fingerprint density at radius 2 is 2.29 bits per heavy atom. The van der Waals surface area contributed by atoms with Crippen LogP contribution in [0.5, 0.6) is 0 Å². The van der Waals surface area contributed by atoms with Gasteiger partial charge in [-0.25, -0.2) is 0 Å². The quantitative estimate of drug-likeness (QED) is 0.761. The molecule has 0 radical (unpaired) electrons. The molecule has 0 aliphatic heterocycles. The lowest BCUT2D eigenvalue weighted by molar-refractivity contribution is -0.137. The summed E-state index contributed by atoms with van der Waals surface area (Å²) in [5.41, 5.74) is 0.448. The SMILES string of the molecule is C#CCN(CC(=O)O)C(=O)c1cccn1CC. The number of aliphatic carboxylic acids is 1. The monoisotopic (exact) mass is 234 g/mol. The average molecular weight is 234 g/mol. The fraction of sp³-hybridized carbons (Fsp3) is 0.333. The van der Waals surface area contributed by atoms with Gasteiger partial charge in [-0.3, -0.25) is 9.59 Å². The summed E-state index contributed by atoms with van der Waals surface area (Å²) in [6.45, 7) is 2.14. The smallest absolute Gasteiger partial charge is 0.323 e. The topological polar surface area (TPSA) is 62.5 Å². The number of carbonyl (C=O) groups excluding carboxylic acids is 1. The van der Waals surface area contributed by atoms with E-state index in [0.29, 0.717) is 12.2 Å².